The van der Waals surface area contributed by atoms with E-state index < -0.39 is 23.9 Å². The monoisotopic (exact) mass is 449 g/mol. The number of amides is 2. The summed E-state index contributed by atoms with van der Waals surface area (Å²) in [6, 6.07) is 3.60. The second-order valence-corrected chi connectivity index (χ2v) is 10.5. The number of nitrogens with zero attached hydrogens (tertiary/aromatic N) is 3. The van der Waals surface area contributed by atoms with Gasteiger partial charge < -0.3 is 19.1 Å². The molecule has 176 valence electrons. The van der Waals surface area contributed by atoms with Gasteiger partial charge in [0.2, 0.25) is 12.3 Å². The maximum absolute atomic E-state index is 13.7. The minimum atomic E-state index is -2.58. The van der Waals surface area contributed by atoms with Gasteiger partial charge in [-0.1, -0.05) is 12.2 Å². The summed E-state index contributed by atoms with van der Waals surface area (Å²) in [5.74, 6) is -0.240. The highest BCUT2D eigenvalue weighted by Gasteiger charge is 2.54. The number of ether oxygens (including phenoxy) is 1. The molecule has 2 fully saturated rings. The van der Waals surface area contributed by atoms with Gasteiger partial charge in [0, 0.05) is 30.9 Å². The number of carbonyl (C=O) groups excluding carboxylic acids is 2. The predicted octanol–water partition coefficient (Wildman–Crippen LogP) is 4.47. The normalized spacial score (nSPS) is 29.4. The molecule has 3 heterocycles. The number of fused-ring (bicyclic) bond motifs is 2. The molecule has 2 saturated heterocycles. The number of halogens is 2. The van der Waals surface area contributed by atoms with E-state index in [-0.39, 0.29) is 30.1 Å². The van der Waals surface area contributed by atoms with Crippen molar-refractivity contribution in [2.45, 2.75) is 84.0 Å². The van der Waals surface area contributed by atoms with Gasteiger partial charge in [-0.05, 0) is 59.6 Å². The van der Waals surface area contributed by atoms with Crippen molar-refractivity contribution >= 4 is 12.0 Å². The Hall–Kier alpha value is -2.38. The third-order valence-electron chi connectivity index (χ3n) is 6.94. The molecule has 8 heteroatoms. The number of piperazine rings is 1. The maximum atomic E-state index is 13.7. The van der Waals surface area contributed by atoms with Gasteiger partial charge >= 0.3 is 6.09 Å². The summed E-state index contributed by atoms with van der Waals surface area (Å²) in [5.41, 5.74) is 0.286. The average molecular weight is 450 g/mol. The van der Waals surface area contributed by atoms with Crippen molar-refractivity contribution in [1.29, 1.82) is 0 Å². The van der Waals surface area contributed by atoms with Crippen molar-refractivity contribution in [1.82, 2.24) is 14.4 Å². The Morgan fingerprint density at radius 2 is 1.72 bits per heavy atom. The van der Waals surface area contributed by atoms with Crippen LogP contribution in [0.5, 0.6) is 0 Å². The highest BCUT2D eigenvalue weighted by molar-refractivity contribution is 5.86. The molecule has 0 radical (unpaired) electrons. The van der Waals surface area contributed by atoms with Gasteiger partial charge in [-0.2, -0.15) is 0 Å². The van der Waals surface area contributed by atoms with Crippen LogP contribution in [-0.4, -0.2) is 63.6 Å². The maximum Gasteiger partial charge on any atom is 0.410 e. The van der Waals surface area contributed by atoms with Crippen LogP contribution in [0, 0.1) is 19.3 Å². The first-order chi connectivity index (χ1) is 14.9. The number of allylic oxidation sites excluding steroid dienone is 1. The van der Waals surface area contributed by atoms with Gasteiger partial charge in [-0.15, -0.1) is 0 Å². The number of hydrogen-bond donors (Lipinski definition) is 0. The fraction of sp³-hybridized carbons (Fsp3) is 0.667. The Labute approximate surface area is 188 Å². The van der Waals surface area contributed by atoms with Crippen LogP contribution in [-0.2, 0) is 9.53 Å². The second-order valence-electron chi connectivity index (χ2n) is 10.5. The van der Waals surface area contributed by atoms with Crippen LogP contribution < -0.4 is 0 Å². The molecule has 0 saturated carbocycles. The number of alkyl halides is 2. The molecule has 1 aromatic rings. The summed E-state index contributed by atoms with van der Waals surface area (Å²) in [6.45, 7) is 10.2. The molecule has 0 unspecified atom stereocenters. The molecule has 4 atom stereocenters. The zero-order valence-electron chi connectivity index (χ0n) is 19.5. The lowest BCUT2D eigenvalue weighted by Gasteiger charge is -2.39. The molecular weight excluding hydrogens is 416 g/mol. The fourth-order valence-electron chi connectivity index (χ4n) is 5.60. The van der Waals surface area contributed by atoms with E-state index in [0.717, 1.165) is 11.4 Å². The number of aryl methyl sites for hydroxylation is 2. The number of carbonyl (C=O) groups is 2. The van der Waals surface area contributed by atoms with Crippen molar-refractivity contribution in [2.24, 2.45) is 5.41 Å². The average Bonchev–Trinajstić information content (AvgIpc) is 3.43. The van der Waals surface area contributed by atoms with Gasteiger partial charge in [0.1, 0.15) is 5.60 Å². The molecule has 1 aromatic heterocycles. The van der Waals surface area contributed by atoms with Gasteiger partial charge in [0.25, 0.3) is 0 Å². The minimum absolute atomic E-state index is 0.120. The summed E-state index contributed by atoms with van der Waals surface area (Å²) < 4.78 is 34.9. The van der Waals surface area contributed by atoms with Crippen LogP contribution in [0.3, 0.4) is 0 Å². The molecule has 32 heavy (non-hydrogen) atoms. The van der Waals surface area contributed by atoms with E-state index in [9.17, 15) is 18.4 Å². The van der Waals surface area contributed by atoms with Gasteiger partial charge in [-0.3, -0.25) is 4.79 Å². The van der Waals surface area contributed by atoms with Crippen molar-refractivity contribution in [3.8, 4) is 0 Å². The number of hydrogen-bond acceptors (Lipinski definition) is 3. The van der Waals surface area contributed by atoms with Crippen molar-refractivity contribution in [3.63, 3.8) is 0 Å². The van der Waals surface area contributed by atoms with Gasteiger partial charge in [0.05, 0.1) is 23.5 Å². The first-order valence-corrected chi connectivity index (χ1v) is 11.3. The highest BCUT2D eigenvalue weighted by atomic mass is 19.3. The van der Waals surface area contributed by atoms with E-state index in [2.05, 4.69) is 4.57 Å². The second kappa shape index (κ2) is 7.89. The summed E-state index contributed by atoms with van der Waals surface area (Å²) in [6.07, 6.45) is 1.17. The SMILES string of the molecule is Cc1ccc(C)n1[C@H]1C=C[C@](CC(F)F)(C(=O)N2C[C@@H]3C[C@H]2CN3C(=O)OC(C)(C)C)C1. The van der Waals surface area contributed by atoms with Crippen LogP contribution in [0.25, 0.3) is 0 Å². The predicted molar refractivity (Wildman–Crippen MR) is 117 cm³/mol. The molecule has 2 amide bonds. The van der Waals surface area contributed by atoms with E-state index in [1.807, 2.05) is 52.8 Å². The Morgan fingerprint density at radius 1 is 1.12 bits per heavy atom. The molecule has 1 aliphatic carbocycles. The summed E-state index contributed by atoms with van der Waals surface area (Å²) in [5, 5.41) is 0. The lowest BCUT2D eigenvalue weighted by Crippen LogP contribution is -2.54. The zero-order valence-corrected chi connectivity index (χ0v) is 19.5. The summed E-state index contributed by atoms with van der Waals surface area (Å²) in [7, 11) is 0. The van der Waals surface area contributed by atoms with Gasteiger partial charge in [0.15, 0.2) is 0 Å². The third kappa shape index (κ3) is 4.04. The van der Waals surface area contributed by atoms with Crippen LogP contribution in [0.15, 0.2) is 24.3 Å². The lowest BCUT2D eigenvalue weighted by molar-refractivity contribution is -0.144. The van der Waals surface area contributed by atoms with E-state index in [1.165, 1.54) is 0 Å². The number of likely N-dealkylation sites (tertiary alicyclic amines) is 2. The number of aromatic nitrogens is 1. The van der Waals surface area contributed by atoms with Gasteiger partial charge in [-0.25, -0.2) is 13.6 Å². The molecule has 0 aromatic carbocycles. The van der Waals surface area contributed by atoms with Crippen molar-refractivity contribution in [2.75, 3.05) is 13.1 Å². The van der Waals surface area contributed by atoms with E-state index in [4.69, 9.17) is 4.74 Å². The zero-order chi connectivity index (χ0) is 23.4. The molecular formula is C24H33F2N3O3. The quantitative estimate of drug-likeness (QED) is 0.638. The Morgan fingerprint density at radius 3 is 2.25 bits per heavy atom. The van der Waals surface area contributed by atoms with Crippen LogP contribution in [0.4, 0.5) is 13.6 Å². The van der Waals surface area contributed by atoms with Crippen molar-refractivity contribution in [3.05, 3.63) is 35.7 Å². The van der Waals surface area contributed by atoms with E-state index in [0.29, 0.717) is 25.9 Å². The lowest BCUT2D eigenvalue weighted by atomic mass is 9.81. The fourth-order valence-corrected chi connectivity index (χ4v) is 5.60. The molecule has 6 nitrogen and oxygen atoms in total. The van der Waals surface area contributed by atoms with Crippen LogP contribution >= 0.6 is 0 Å². The summed E-state index contributed by atoms with van der Waals surface area (Å²) >= 11 is 0. The first kappa shape index (κ1) is 22.8. The third-order valence-corrected chi connectivity index (χ3v) is 6.94. The number of rotatable bonds is 4. The standard InChI is InChI=1S/C24H33F2N3O3/c1-15-6-7-16(2)29(15)17-8-9-24(11-17,12-20(25)26)21(30)27-13-19-10-18(27)14-28(19)22(31)32-23(3,4)5/h6-9,17-20H,10-14H2,1-5H3/t17-,18-,19-,24-/m0/s1. The Kier molecular flexibility index (Phi) is 5.62. The molecule has 4 rings (SSSR count). The van der Waals surface area contributed by atoms with Crippen LogP contribution in [0.2, 0.25) is 0 Å². The molecule has 2 bridgehead atoms. The highest BCUT2D eigenvalue weighted by Crippen LogP contribution is 2.47. The molecule has 0 spiro atoms. The van der Waals surface area contributed by atoms with Crippen LogP contribution in [0.1, 0.15) is 57.5 Å². The molecule has 0 N–H and O–H groups in total. The van der Waals surface area contributed by atoms with E-state index >= 15 is 0 Å². The van der Waals surface area contributed by atoms with E-state index in [1.54, 1.807) is 15.9 Å². The molecule has 3 aliphatic rings. The van der Waals surface area contributed by atoms with Crippen molar-refractivity contribution < 1.29 is 23.1 Å². The topological polar surface area (TPSA) is 54.8 Å². The summed E-state index contributed by atoms with van der Waals surface area (Å²) in [4.78, 5) is 29.6. The smallest absolute Gasteiger partial charge is 0.410 e. The first-order valence-electron chi connectivity index (χ1n) is 11.3. The molecule has 2 aliphatic heterocycles. The largest absolute Gasteiger partial charge is 0.444 e. The Balaban J connectivity index is 1.50. The minimum Gasteiger partial charge on any atom is -0.444 e. The Bertz CT molecular complexity index is 916.